The SMILES string of the molecule is Cn1cc(-c2ccc3c(c2)CCCO3)nc1N. The van der Waals surface area contributed by atoms with Crippen molar-refractivity contribution in [1.82, 2.24) is 9.55 Å². The van der Waals surface area contributed by atoms with Crippen LogP contribution in [0.25, 0.3) is 11.3 Å². The minimum absolute atomic E-state index is 0.536. The normalized spacial score (nSPS) is 14.2. The van der Waals surface area contributed by atoms with Gasteiger partial charge >= 0.3 is 0 Å². The molecule has 3 rings (SSSR count). The molecule has 0 saturated heterocycles. The van der Waals surface area contributed by atoms with E-state index in [2.05, 4.69) is 11.1 Å². The molecule has 17 heavy (non-hydrogen) atoms. The lowest BCUT2D eigenvalue weighted by Gasteiger charge is -2.17. The van der Waals surface area contributed by atoms with Crippen molar-refractivity contribution in [2.75, 3.05) is 12.3 Å². The number of imidazole rings is 1. The first-order valence-corrected chi connectivity index (χ1v) is 5.79. The number of nitrogens with zero attached hydrogens (tertiary/aromatic N) is 2. The number of aryl methyl sites for hydroxylation is 2. The summed E-state index contributed by atoms with van der Waals surface area (Å²) in [5.74, 6) is 1.54. The summed E-state index contributed by atoms with van der Waals surface area (Å²) in [5, 5.41) is 0. The van der Waals surface area contributed by atoms with Crippen LogP contribution in [0.5, 0.6) is 5.75 Å². The summed E-state index contributed by atoms with van der Waals surface area (Å²) in [4.78, 5) is 4.33. The van der Waals surface area contributed by atoms with E-state index < -0.39 is 0 Å². The van der Waals surface area contributed by atoms with Crippen molar-refractivity contribution in [3.8, 4) is 17.0 Å². The van der Waals surface area contributed by atoms with Crippen molar-refractivity contribution in [3.05, 3.63) is 30.0 Å². The lowest BCUT2D eigenvalue weighted by atomic mass is 10.0. The van der Waals surface area contributed by atoms with Crippen molar-refractivity contribution in [3.63, 3.8) is 0 Å². The van der Waals surface area contributed by atoms with Crippen LogP contribution < -0.4 is 10.5 Å². The van der Waals surface area contributed by atoms with Crippen molar-refractivity contribution in [2.45, 2.75) is 12.8 Å². The lowest BCUT2D eigenvalue weighted by molar-refractivity contribution is 0.288. The third-order valence-electron chi connectivity index (χ3n) is 3.12. The molecule has 0 radical (unpaired) electrons. The van der Waals surface area contributed by atoms with Gasteiger partial charge in [-0.15, -0.1) is 0 Å². The number of nitrogens with two attached hydrogens (primary N) is 1. The summed E-state index contributed by atoms with van der Waals surface area (Å²) in [6.07, 6.45) is 4.10. The van der Waals surface area contributed by atoms with Gasteiger partial charge in [0, 0.05) is 18.8 Å². The number of nitrogen functional groups attached to an aromatic ring is 1. The fourth-order valence-corrected chi connectivity index (χ4v) is 2.14. The second-order valence-electron chi connectivity index (χ2n) is 4.37. The highest BCUT2D eigenvalue weighted by atomic mass is 16.5. The predicted octanol–water partition coefficient (Wildman–Crippen LogP) is 1.99. The van der Waals surface area contributed by atoms with Crippen LogP contribution in [-0.4, -0.2) is 16.2 Å². The molecule has 2 heterocycles. The highest BCUT2D eigenvalue weighted by Crippen LogP contribution is 2.29. The molecule has 1 aromatic carbocycles. The molecule has 0 atom stereocenters. The maximum Gasteiger partial charge on any atom is 0.200 e. The smallest absolute Gasteiger partial charge is 0.200 e. The summed E-state index contributed by atoms with van der Waals surface area (Å²) in [5.41, 5.74) is 9.02. The molecular formula is C13H15N3O. The molecule has 0 saturated carbocycles. The molecule has 4 heteroatoms. The van der Waals surface area contributed by atoms with E-state index in [-0.39, 0.29) is 0 Å². The molecule has 1 aromatic heterocycles. The molecule has 1 aliphatic rings. The zero-order valence-electron chi connectivity index (χ0n) is 9.81. The van der Waals surface area contributed by atoms with E-state index in [9.17, 15) is 0 Å². The van der Waals surface area contributed by atoms with Gasteiger partial charge < -0.3 is 15.0 Å². The van der Waals surface area contributed by atoms with Crippen LogP contribution in [0.15, 0.2) is 24.4 Å². The summed E-state index contributed by atoms with van der Waals surface area (Å²) in [6, 6.07) is 6.21. The molecule has 2 aromatic rings. The molecule has 88 valence electrons. The maximum atomic E-state index is 5.74. The van der Waals surface area contributed by atoms with Crippen molar-refractivity contribution < 1.29 is 4.74 Å². The van der Waals surface area contributed by atoms with Crippen LogP contribution >= 0.6 is 0 Å². The highest BCUT2D eigenvalue weighted by molar-refractivity contribution is 5.63. The Balaban J connectivity index is 2.03. The third kappa shape index (κ3) is 1.75. The first kappa shape index (κ1) is 10.2. The van der Waals surface area contributed by atoms with E-state index in [0.717, 1.165) is 36.5 Å². The summed E-state index contributed by atoms with van der Waals surface area (Å²) in [7, 11) is 1.90. The number of fused-ring (bicyclic) bond motifs is 1. The summed E-state index contributed by atoms with van der Waals surface area (Å²) >= 11 is 0. The molecule has 0 amide bonds. The monoisotopic (exact) mass is 229 g/mol. The molecular weight excluding hydrogens is 214 g/mol. The van der Waals surface area contributed by atoms with Gasteiger partial charge in [-0.1, -0.05) is 0 Å². The molecule has 1 aliphatic heterocycles. The highest BCUT2D eigenvalue weighted by Gasteiger charge is 2.12. The number of aromatic nitrogens is 2. The molecule has 0 bridgehead atoms. The van der Waals surface area contributed by atoms with Crippen LogP contribution in [0.1, 0.15) is 12.0 Å². The van der Waals surface area contributed by atoms with E-state index in [1.807, 2.05) is 29.9 Å². The van der Waals surface area contributed by atoms with Crippen molar-refractivity contribution >= 4 is 5.95 Å². The molecule has 0 fully saturated rings. The Hall–Kier alpha value is -1.97. The number of hydrogen-bond donors (Lipinski definition) is 1. The molecule has 0 aliphatic carbocycles. The van der Waals surface area contributed by atoms with Crippen molar-refractivity contribution in [2.24, 2.45) is 7.05 Å². The standard InChI is InChI=1S/C13H15N3O/c1-16-8-11(15-13(16)14)9-4-5-12-10(7-9)3-2-6-17-12/h4-5,7-8H,2-3,6H2,1H3,(H2,14,15). The van der Waals surface area contributed by atoms with Crippen LogP contribution in [0.2, 0.25) is 0 Å². The second kappa shape index (κ2) is 3.80. The average molecular weight is 229 g/mol. The van der Waals surface area contributed by atoms with Gasteiger partial charge in [-0.2, -0.15) is 0 Å². The largest absolute Gasteiger partial charge is 0.493 e. The Kier molecular flexibility index (Phi) is 2.28. The van der Waals surface area contributed by atoms with Gasteiger partial charge in [0.25, 0.3) is 0 Å². The zero-order valence-corrected chi connectivity index (χ0v) is 9.81. The number of benzene rings is 1. The minimum Gasteiger partial charge on any atom is -0.493 e. The Morgan fingerprint density at radius 3 is 3.06 bits per heavy atom. The third-order valence-corrected chi connectivity index (χ3v) is 3.12. The molecule has 0 spiro atoms. The Morgan fingerprint density at radius 2 is 2.29 bits per heavy atom. The topological polar surface area (TPSA) is 53.1 Å². The average Bonchev–Trinajstić information content (AvgIpc) is 2.69. The van der Waals surface area contributed by atoms with Crippen LogP contribution in [0.4, 0.5) is 5.95 Å². The number of hydrogen-bond acceptors (Lipinski definition) is 3. The number of anilines is 1. The van der Waals surface area contributed by atoms with Gasteiger partial charge in [0.05, 0.1) is 12.3 Å². The van der Waals surface area contributed by atoms with Crippen LogP contribution in [-0.2, 0) is 13.5 Å². The maximum absolute atomic E-state index is 5.74. The Bertz CT molecular complexity index is 540. The van der Waals surface area contributed by atoms with E-state index in [4.69, 9.17) is 10.5 Å². The summed E-state index contributed by atoms with van der Waals surface area (Å²) < 4.78 is 7.42. The minimum atomic E-state index is 0.536. The van der Waals surface area contributed by atoms with E-state index in [1.54, 1.807) is 0 Å². The lowest BCUT2D eigenvalue weighted by Crippen LogP contribution is -2.08. The molecule has 0 unspecified atom stereocenters. The first-order valence-electron chi connectivity index (χ1n) is 5.79. The fourth-order valence-electron chi connectivity index (χ4n) is 2.14. The second-order valence-corrected chi connectivity index (χ2v) is 4.37. The number of ether oxygens (including phenoxy) is 1. The zero-order chi connectivity index (χ0) is 11.8. The van der Waals surface area contributed by atoms with Crippen LogP contribution in [0, 0.1) is 0 Å². The number of rotatable bonds is 1. The summed E-state index contributed by atoms with van der Waals surface area (Å²) in [6.45, 7) is 0.822. The Morgan fingerprint density at radius 1 is 1.41 bits per heavy atom. The van der Waals surface area contributed by atoms with Crippen LogP contribution in [0.3, 0.4) is 0 Å². The van der Waals surface area contributed by atoms with Gasteiger partial charge in [-0.25, -0.2) is 4.98 Å². The first-order chi connectivity index (χ1) is 8.24. The quantitative estimate of drug-likeness (QED) is 0.813. The Labute approximate surface area is 100 Å². The van der Waals surface area contributed by atoms with Gasteiger partial charge in [0.1, 0.15) is 5.75 Å². The van der Waals surface area contributed by atoms with Gasteiger partial charge in [0.2, 0.25) is 0 Å². The molecule has 4 nitrogen and oxygen atoms in total. The predicted molar refractivity (Wildman–Crippen MR) is 66.9 cm³/mol. The van der Waals surface area contributed by atoms with E-state index in [0.29, 0.717) is 5.95 Å². The van der Waals surface area contributed by atoms with E-state index in [1.165, 1.54) is 5.56 Å². The van der Waals surface area contributed by atoms with Gasteiger partial charge in [0.15, 0.2) is 5.95 Å². The fraction of sp³-hybridized carbons (Fsp3) is 0.308. The van der Waals surface area contributed by atoms with Gasteiger partial charge in [-0.3, -0.25) is 0 Å². The van der Waals surface area contributed by atoms with Gasteiger partial charge in [-0.05, 0) is 36.6 Å². The van der Waals surface area contributed by atoms with Crippen molar-refractivity contribution in [1.29, 1.82) is 0 Å². The van der Waals surface area contributed by atoms with E-state index >= 15 is 0 Å². The molecule has 2 N–H and O–H groups in total.